The molecule has 0 aliphatic rings. The Kier molecular flexibility index (Phi) is 6.52. The van der Waals surface area contributed by atoms with Gasteiger partial charge in [-0.25, -0.2) is 0 Å². The van der Waals surface area contributed by atoms with E-state index in [0.717, 1.165) is 0 Å². The third kappa shape index (κ3) is 4.61. The Morgan fingerprint density at radius 3 is 1.89 bits per heavy atom. The molecule has 0 rings (SSSR count). The molecule has 0 unspecified atom stereocenters. The van der Waals surface area contributed by atoms with E-state index in [1.165, 1.54) is 0 Å². The molecule has 0 bridgehead atoms. The average Bonchev–Trinajstić information content (AvgIpc) is 1.64. The van der Waals surface area contributed by atoms with Gasteiger partial charge in [-0.05, 0) is 5.92 Å². The van der Waals surface area contributed by atoms with Crippen LogP contribution in [0, 0.1) is 5.92 Å². The van der Waals surface area contributed by atoms with Gasteiger partial charge in [0.15, 0.2) is 0 Å². The van der Waals surface area contributed by atoms with Gasteiger partial charge in [0.1, 0.15) is 6.04 Å². The molecular weight excluding hydrogens is 301 g/mol. The second-order valence-corrected chi connectivity index (χ2v) is 2.11. The molecule has 3 N–H and O–H groups in total. The minimum Gasteiger partial charge on any atom is -0.480 e. The molecule has 3 nitrogen and oxygen atoms in total. The zero-order chi connectivity index (χ0) is 6.73. The van der Waals surface area contributed by atoms with E-state index >= 15 is 0 Å². The fourth-order valence-corrected chi connectivity index (χ4v) is 0.285. The van der Waals surface area contributed by atoms with Gasteiger partial charge in [0.25, 0.3) is 0 Å². The van der Waals surface area contributed by atoms with Crippen molar-refractivity contribution in [3.05, 3.63) is 0 Å². The number of carbonyl (C=O) groups is 1. The van der Waals surface area contributed by atoms with E-state index in [9.17, 15) is 4.79 Å². The van der Waals surface area contributed by atoms with E-state index in [1.807, 2.05) is 0 Å². The SMILES string of the molecule is CC(C)[C@H](N)C(=O)O.[Pt]. The zero-order valence-electron chi connectivity index (χ0n) is 5.40. The van der Waals surface area contributed by atoms with E-state index in [1.54, 1.807) is 13.8 Å². The van der Waals surface area contributed by atoms with Gasteiger partial charge in [0, 0.05) is 21.1 Å². The first kappa shape index (κ1) is 11.9. The molecule has 0 spiro atoms. The number of carboxylic acid groups (broad SMARTS) is 1. The summed E-state index contributed by atoms with van der Waals surface area (Å²) in [5.74, 6) is -0.910. The first-order valence-corrected chi connectivity index (χ1v) is 2.54. The molecule has 0 fully saturated rings. The summed E-state index contributed by atoms with van der Waals surface area (Å²) < 4.78 is 0. The van der Waals surface area contributed by atoms with Crippen LogP contribution in [0.5, 0.6) is 0 Å². The van der Waals surface area contributed by atoms with E-state index in [4.69, 9.17) is 10.8 Å². The molecule has 4 heteroatoms. The number of aliphatic carboxylic acids is 1. The second kappa shape index (κ2) is 4.95. The Morgan fingerprint density at radius 1 is 1.56 bits per heavy atom. The van der Waals surface area contributed by atoms with Gasteiger partial charge < -0.3 is 10.8 Å². The largest absolute Gasteiger partial charge is 0.480 e. The van der Waals surface area contributed by atoms with Gasteiger partial charge in [-0.2, -0.15) is 0 Å². The van der Waals surface area contributed by atoms with Crippen LogP contribution in [0.1, 0.15) is 13.8 Å². The Hall–Kier alpha value is 0.118. The maximum atomic E-state index is 10.0. The van der Waals surface area contributed by atoms with Crippen LogP contribution in [0.15, 0.2) is 0 Å². The van der Waals surface area contributed by atoms with Crippen molar-refractivity contribution in [1.82, 2.24) is 0 Å². The maximum Gasteiger partial charge on any atom is 0.320 e. The summed E-state index contributed by atoms with van der Waals surface area (Å²) in [6.07, 6.45) is 0. The first-order chi connectivity index (χ1) is 3.55. The molecule has 1 atom stereocenters. The Balaban J connectivity index is 0. The number of hydrogen-bond donors (Lipinski definition) is 2. The molecule has 0 aromatic carbocycles. The molecule has 0 saturated heterocycles. The summed E-state index contributed by atoms with van der Waals surface area (Å²) >= 11 is 0. The topological polar surface area (TPSA) is 63.3 Å². The Morgan fingerprint density at radius 2 is 1.89 bits per heavy atom. The standard InChI is InChI=1S/C5H11NO2.Pt/c1-3(2)4(6)5(7)8;/h3-4H,6H2,1-2H3,(H,7,8);/t4-;/m0./s1. The third-order valence-electron chi connectivity index (χ3n) is 1.00. The average molecular weight is 312 g/mol. The van der Waals surface area contributed by atoms with Crippen LogP contribution in [0.2, 0.25) is 0 Å². The van der Waals surface area contributed by atoms with Crippen molar-refractivity contribution in [3.8, 4) is 0 Å². The molecule has 0 saturated carbocycles. The summed E-state index contributed by atoms with van der Waals surface area (Å²) in [7, 11) is 0. The van der Waals surface area contributed by atoms with Crippen molar-refractivity contribution in [3.63, 3.8) is 0 Å². The van der Waals surface area contributed by atoms with Crippen molar-refractivity contribution < 1.29 is 31.0 Å². The number of carboxylic acids is 1. The fourth-order valence-electron chi connectivity index (χ4n) is 0.285. The fraction of sp³-hybridized carbons (Fsp3) is 0.800. The minimum atomic E-state index is -0.931. The van der Waals surface area contributed by atoms with Gasteiger partial charge in [0.05, 0.1) is 0 Å². The van der Waals surface area contributed by atoms with Gasteiger partial charge >= 0.3 is 5.97 Å². The van der Waals surface area contributed by atoms with Crippen molar-refractivity contribution >= 4 is 5.97 Å². The van der Waals surface area contributed by atoms with Crippen LogP contribution in [0.3, 0.4) is 0 Å². The number of rotatable bonds is 2. The molecule has 0 aliphatic heterocycles. The molecule has 9 heavy (non-hydrogen) atoms. The molecular formula is C5H11NO2Pt. The predicted molar refractivity (Wildman–Crippen MR) is 30.4 cm³/mol. The van der Waals surface area contributed by atoms with Gasteiger partial charge in [-0.15, -0.1) is 0 Å². The van der Waals surface area contributed by atoms with Crippen LogP contribution < -0.4 is 5.73 Å². The minimum absolute atomic E-state index is 0. The predicted octanol–water partition coefficient (Wildman–Crippen LogP) is 0.0518. The van der Waals surface area contributed by atoms with E-state index < -0.39 is 12.0 Å². The van der Waals surface area contributed by atoms with Crippen LogP contribution in [0.25, 0.3) is 0 Å². The van der Waals surface area contributed by atoms with E-state index in [0.29, 0.717) is 0 Å². The number of nitrogens with two attached hydrogens (primary N) is 1. The Bertz CT molecular complexity index is 95.0. The van der Waals surface area contributed by atoms with E-state index in [-0.39, 0.29) is 27.0 Å². The molecule has 0 radical (unpaired) electrons. The van der Waals surface area contributed by atoms with Crippen molar-refractivity contribution in [2.24, 2.45) is 11.7 Å². The molecule has 0 aromatic rings. The van der Waals surface area contributed by atoms with Gasteiger partial charge in [0.2, 0.25) is 0 Å². The van der Waals surface area contributed by atoms with Crippen molar-refractivity contribution in [2.75, 3.05) is 0 Å². The summed E-state index contributed by atoms with van der Waals surface area (Å²) in [5.41, 5.74) is 5.16. The monoisotopic (exact) mass is 312 g/mol. The quantitative estimate of drug-likeness (QED) is 0.757. The first-order valence-electron chi connectivity index (χ1n) is 2.54. The smallest absolute Gasteiger partial charge is 0.320 e. The molecule has 58 valence electrons. The molecule has 0 amide bonds. The van der Waals surface area contributed by atoms with Crippen LogP contribution >= 0.6 is 0 Å². The normalized spacial score (nSPS) is 12.4. The van der Waals surface area contributed by atoms with Crippen LogP contribution in [-0.2, 0) is 25.9 Å². The third-order valence-corrected chi connectivity index (χ3v) is 1.00. The van der Waals surface area contributed by atoms with E-state index in [2.05, 4.69) is 0 Å². The second-order valence-electron chi connectivity index (χ2n) is 2.11. The molecule has 0 aromatic heterocycles. The molecule has 0 aliphatic carbocycles. The van der Waals surface area contributed by atoms with Crippen LogP contribution in [0.4, 0.5) is 0 Å². The maximum absolute atomic E-state index is 10.0. The summed E-state index contributed by atoms with van der Waals surface area (Å²) in [6, 6.07) is -0.713. The summed E-state index contributed by atoms with van der Waals surface area (Å²) in [5, 5.41) is 8.23. The Labute approximate surface area is 68.9 Å². The zero-order valence-corrected chi connectivity index (χ0v) is 7.68. The van der Waals surface area contributed by atoms with Gasteiger partial charge in [-0.1, -0.05) is 13.8 Å². The summed E-state index contributed by atoms with van der Waals surface area (Å²) in [6.45, 7) is 3.55. The summed E-state index contributed by atoms with van der Waals surface area (Å²) in [4.78, 5) is 10.0. The number of hydrogen-bond acceptors (Lipinski definition) is 2. The van der Waals surface area contributed by atoms with Crippen LogP contribution in [-0.4, -0.2) is 17.1 Å². The van der Waals surface area contributed by atoms with Crippen molar-refractivity contribution in [2.45, 2.75) is 19.9 Å². The van der Waals surface area contributed by atoms with Crippen molar-refractivity contribution in [1.29, 1.82) is 0 Å². The molecule has 0 heterocycles. The van der Waals surface area contributed by atoms with Gasteiger partial charge in [-0.3, -0.25) is 4.79 Å².